The fourth-order valence-corrected chi connectivity index (χ4v) is 2.32. The maximum atomic E-state index is 12.1. The van der Waals surface area contributed by atoms with Crippen molar-refractivity contribution >= 4 is 23.5 Å². The van der Waals surface area contributed by atoms with Gasteiger partial charge < -0.3 is 15.7 Å². The highest BCUT2D eigenvalue weighted by molar-refractivity contribution is 5.91. The predicted molar refractivity (Wildman–Crippen MR) is 92.7 cm³/mol. The third-order valence-electron chi connectivity index (χ3n) is 3.45. The average molecular weight is 334 g/mol. The minimum Gasteiger partial charge on any atom is -0.481 e. The summed E-state index contributed by atoms with van der Waals surface area (Å²) in [5.41, 5.74) is 1.18. The van der Waals surface area contributed by atoms with E-state index in [-0.39, 0.29) is 36.6 Å². The highest BCUT2D eigenvalue weighted by atomic mass is 16.4. The number of carboxylic acids is 1. The topological polar surface area (TPSA) is 95.5 Å². The zero-order valence-corrected chi connectivity index (χ0v) is 14.5. The van der Waals surface area contributed by atoms with Crippen molar-refractivity contribution in [2.24, 2.45) is 5.92 Å². The van der Waals surface area contributed by atoms with Crippen LogP contribution in [0.5, 0.6) is 0 Å². The van der Waals surface area contributed by atoms with Crippen molar-refractivity contribution in [1.82, 2.24) is 5.32 Å². The van der Waals surface area contributed by atoms with Crippen molar-refractivity contribution in [1.29, 1.82) is 0 Å². The van der Waals surface area contributed by atoms with Crippen LogP contribution in [0.2, 0.25) is 0 Å². The van der Waals surface area contributed by atoms with Gasteiger partial charge >= 0.3 is 5.97 Å². The number of hydrogen-bond acceptors (Lipinski definition) is 3. The molecule has 1 unspecified atom stereocenters. The van der Waals surface area contributed by atoms with Gasteiger partial charge in [-0.15, -0.1) is 0 Å². The Bertz CT molecular complexity index is 584. The highest BCUT2D eigenvalue weighted by Crippen LogP contribution is 2.12. The summed E-state index contributed by atoms with van der Waals surface area (Å²) < 4.78 is 0. The normalized spacial score (nSPS) is 11.8. The number of anilines is 1. The highest BCUT2D eigenvalue weighted by Gasteiger charge is 2.15. The van der Waals surface area contributed by atoms with E-state index in [1.165, 1.54) is 0 Å². The number of carboxylic acid groups (broad SMARTS) is 1. The molecule has 2 amide bonds. The van der Waals surface area contributed by atoms with Crippen LogP contribution in [0.1, 0.15) is 45.6 Å². The summed E-state index contributed by atoms with van der Waals surface area (Å²) in [5, 5.41) is 14.4. The second-order valence-corrected chi connectivity index (χ2v) is 6.29. The molecule has 0 fully saturated rings. The van der Waals surface area contributed by atoms with Crippen LogP contribution in [0, 0.1) is 5.92 Å². The van der Waals surface area contributed by atoms with E-state index >= 15 is 0 Å². The van der Waals surface area contributed by atoms with Crippen LogP contribution >= 0.6 is 0 Å². The molecule has 3 N–H and O–H groups in total. The molecule has 0 saturated carbocycles. The second kappa shape index (κ2) is 9.70. The summed E-state index contributed by atoms with van der Waals surface area (Å²) in [4.78, 5) is 34.7. The standard InChI is InChI=1S/C18H26N2O4/c1-4-14(19-16(21)8-12(2)3)11-17(22)20-15-7-5-6-13(9-15)10-18(23)24/h5-7,9,12,14H,4,8,10-11H2,1-3H3,(H,19,21)(H,20,22)(H,23,24). The van der Waals surface area contributed by atoms with Gasteiger partial charge in [0, 0.05) is 24.6 Å². The van der Waals surface area contributed by atoms with Gasteiger partial charge in [-0.3, -0.25) is 14.4 Å². The van der Waals surface area contributed by atoms with E-state index in [0.717, 1.165) is 0 Å². The van der Waals surface area contributed by atoms with Crippen molar-refractivity contribution in [2.75, 3.05) is 5.32 Å². The zero-order valence-electron chi connectivity index (χ0n) is 14.5. The number of aliphatic carboxylic acids is 1. The molecule has 0 aromatic heterocycles. The molecule has 0 aliphatic carbocycles. The summed E-state index contributed by atoms with van der Waals surface area (Å²) in [6, 6.07) is 6.55. The molecular formula is C18H26N2O4. The van der Waals surface area contributed by atoms with E-state index in [1.807, 2.05) is 20.8 Å². The van der Waals surface area contributed by atoms with Crippen molar-refractivity contribution in [3.05, 3.63) is 29.8 Å². The van der Waals surface area contributed by atoms with Crippen molar-refractivity contribution < 1.29 is 19.5 Å². The number of rotatable bonds is 9. The number of benzene rings is 1. The summed E-state index contributed by atoms with van der Waals surface area (Å²) in [6.07, 6.45) is 1.20. The first-order valence-corrected chi connectivity index (χ1v) is 8.20. The Hall–Kier alpha value is -2.37. The Morgan fingerprint density at radius 1 is 1.12 bits per heavy atom. The van der Waals surface area contributed by atoms with Gasteiger partial charge in [-0.1, -0.05) is 32.9 Å². The third-order valence-corrected chi connectivity index (χ3v) is 3.45. The van der Waals surface area contributed by atoms with Crippen molar-refractivity contribution in [3.8, 4) is 0 Å². The molecule has 1 rings (SSSR count). The molecule has 0 saturated heterocycles. The van der Waals surface area contributed by atoms with Gasteiger partial charge in [-0.25, -0.2) is 0 Å². The van der Waals surface area contributed by atoms with E-state index in [4.69, 9.17) is 5.11 Å². The fraction of sp³-hybridized carbons (Fsp3) is 0.500. The summed E-state index contributed by atoms with van der Waals surface area (Å²) in [5.74, 6) is -0.905. The van der Waals surface area contributed by atoms with Gasteiger partial charge in [0.2, 0.25) is 11.8 Å². The zero-order chi connectivity index (χ0) is 18.1. The minimum absolute atomic E-state index is 0.0481. The molecule has 0 radical (unpaired) electrons. The molecule has 24 heavy (non-hydrogen) atoms. The molecule has 6 nitrogen and oxygen atoms in total. The fourth-order valence-electron chi connectivity index (χ4n) is 2.32. The van der Waals surface area contributed by atoms with Gasteiger partial charge in [-0.05, 0) is 30.0 Å². The second-order valence-electron chi connectivity index (χ2n) is 6.29. The molecule has 132 valence electrons. The molecule has 0 bridgehead atoms. The van der Waals surface area contributed by atoms with Crippen LogP contribution in [0.15, 0.2) is 24.3 Å². The maximum Gasteiger partial charge on any atom is 0.307 e. The van der Waals surface area contributed by atoms with Crippen LogP contribution in [0.4, 0.5) is 5.69 Å². The molecule has 1 aromatic carbocycles. The first-order chi connectivity index (χ1) is 11.3. The Kier molecular flexibility index (Phi) is 7.95. The molecular weight excluding hydrogens is 308 g/mol. The summed E-state index contributed by atoms with van der Waals surface area (Å²) >= 11 is 0. The molecule has 1 atom stereocenters. The van der Waals surface area contributed by atoms with Gasteiger partial charge in [0.05, 0.1) is 6.42 Å². The molecule has 1 aromatic rings. The van der Waals surface area contributed by atoms with E-state index in [0.29, 0.717) is 24.1 Å². The van der Waals surface area contributed by atoms with Crippen molar-refractivity contribution in [3.63, 3.8) is 0 Å². The number of carbonyl (C=O) groups excluding carboxylic acids is 2. The number of amides is 2. The lowest BCUT2D eigenvalue weighted by molar-refractivity contribution is -0.136. The Balaban J connectivity index is 2.57. The van der Waals surface area contributed by atoms with Crippen LogP contribution in [-0.4, -0.2) is 28.9 Å². The molecule has 6 heteroatoms. The Labute approximate surface area is 142 Å². The molecule has 0 heterocycles. The smallest absolute Gasteiger partial charge is 0.307 e. The van der Waals surface area contributed by atoms with Gasteiger partial charge in [0.25, 0.3) is 0 Å². The predicted octanol–water partition coefficient (Wildman–Crippen LogP) is 2.58. The van der Waals surface area contributed by atoms with Crippen LogP contribution in [0.25, 0.3) is 0 Å². The van der Waals surface area contributed by atoms with Crippen LogP contribution in [-0.2, 0) is 20.8 Å². The SMILES string of the molecule is CCC(CC(=O)Nc1cccc(CC(=O)O)c1)NC(=O)CC(C)C. The lowest BCUT2D eigenvalue weighted by atomic mass is 10.1. The number of hydrogen-bond donors (Lipinski definition) is 3. The average Bonchev–Trinajstić information content (AvgIpc) is 2.45. The quantitative estimate of drug-likeness (QED) is 0.647. The van der Waals surface area contributed by atoms with Crippen molar-refractivity contribution in [2.45, 2.75) is 52.5 Å². The number of nitrogens with one attached hydrogen (secondary N) is 2. The minimum atomic E-state index is -0.919. The van der Waals surface area contributed by atoms with E-state index in [2.05, 4.69) is 10.6 Å². The van der Waals surface area contributed by atoms with E-state index in [1.54, 1.807) is 24.3 Å². The Morgan fingerprint density at radius 3 is 2.42 bits per heavy atom. The summed E-state index contributed by atoms with van der Waals surface area (Å²) in [7, 11) is 0. The molecule has 0 aliphatic heterocycles. The molecule has 0 spiro atoms. The van der Waals surface area contributed by atoms with Gasteiger partial charge in [0.1, 0.15) is 0 Å². The van der Waals surface area contributed by atoms with Gasteiger partial charge in [0.15, 0.2) is 0 Å². The number of carbonyl (C=O) groups is 3. The Morgan fingerprint density at radius 2 is 1.83 bits per heavy atom. The summed E-state index contributed by atoms with van der Waals surface area (Å²) in [6.45, 7) is 5.86. The lowest BCUT2D eigenvalue weighted by Gasteiger charge is -2.17. The largest absolute Gasteiger partial charge is 0.481 e. The third kappa shape index (κ3) is 7.76. The first kappa shape index (κ1) is 19.7. The van der Waals surface area contributed by atoms with Crippen LogP contribution < -0.4 is 10.6 Å². The van der Waals surface area contributed by atoms with E-state index in [9.17, 15) is 14.4 Å². The first-order valence-electron chi connectivity index (χ1n) is 8.20. The lowest BCUT2D eigenvalue weighted by Crippen LogP contribution is -2.37. The molecule has 0 aliphatic rings. The van der Waals surface area contributed by atoms with Crippen LogP contribution in [0.3, 0.4) is 0 Å². The monoisotopic (exact) mass is 334 g/mol. The van der Waals surface area contributed by atoms with E-state index < -0.39 is 5.97 Å². The maximum absolute atomic E-state index is 12.1. The van der Waals surface area contributed by atoms with Gasteiger partial charge in [-0.2, -0.15) is 0 Å².